The quantitative estimate of drug-likeness (QED) is 0.636. The summed E-state index contributed by atoms with van der Waals surface area (Å²) in [6.45, 7) is 0. The number of para-hydroxylation sites is 2. The van der Waals surface area contributed by atoms with Gasteiger partial charge < -0.3 is 20.4 Å². The second kappa shape index (κ2) is 10.1. The third-order valence-corrected chi connectivity index (χ3v) is 3.56. The molecular weight excluding hydrogens is 399 g/mol. The topological polar surface area (TPSA) is 128 Å². The van der Waals surface area contributed by atoms with Crippen LogP contribution in [0.5, 0.6) is 23.0 Å². The van der Waals surface area contributed by atoms with Crippen molar-refractivity contribution in [3.8, 4) is 23.0 Å². The van der Waals surface area contributed by atoms with E-state index in [-0.39, 0.29) is 23.0 Å². The van der Waals surface area contributed by atoms with Gasteiger partial charge in [0.05, 0.1) is 11.4 Å². The molecule has 0 aromatic heterocycles. The van der Waals surface area contributed by atoms with Gasteiger partial charge in [-0.3, -0.25) is 9.98 Å². The molecule has 0 amide bonds. The molecular formula is C20H14N2O5V. The van der Waals surface area contributed by atoms with E-state index in [9.17, 15) is 20.4 Å². The zero-order chi connectivity index (χ0) is 20.5. The van der Waals surface area contributed by atoms with Crippen LogP contribution in [-0.2, 0) is 21.0 Å². The summed E-state index contributed by atoms with van der Waals surface area (Å²) in [5.41, 5.74) is 1.70. The summed E-state index contributed by atoms with van der Waals surface area (Å²) < 4.78 is 8.19. The molecule has 0 saturated heterocycles. The summed E-state index contributed by atoms with van der Waals surface area (Å²) >= 11 is 1.06. The van der Waals surface area contributed by atoms with Crippen molar-refractivity contribution in [2.24, 2.45) is 9.98 Å². The number of aliphatic imine (C=N–C) groups is 2. The van der Waals surface area contributed by atoms with E-state index < -0.39 is 0 Å². The monoisotopic (exact) mass is 413 g/mol. The van der Waals surface area contributed by atoms with Gasteiger partial charge in [0, 0.05) is 12.4 Å². The molecule has 0 aliphatic rings. The second-order valence-corrected chi connectivity index (χ2v) is 5.45. The summed E-state index contributed by atoms with van der Waals surface area (Å²) in [6.07, 6.45) is 2.80. The van der Waals surface area contributed by atoms with Gasteiger partial charge in [0.2, 0.25) is 0 Å². The second-order valence-electron chi connectivity index (χ2n) is 5.45. The average Bonchev–Trinajstić information content (AvgIpc) is 2.69. The van der Waals surface area contributed by atoms with Gasteiger partial charge in [0.25, 0.3) is 0 Å². The maximum absolute atomic E-state index is 11.8. The Hall–Kier alpha value is -3.42. The molecule has 0 bridgehead atoms. The van der Waals surface area contributed by atoms with E-state index >= 15 is 0 Å². The Labute approximate surface area is 170 Å². The molecule has 0 saturated carbocycles. The Balaban J connectivity index is 0.00000136. The molecule has 0 heterocycles. The molecule has 0 fully saturated rings. The molecule has 3 aromatic carbocycles. The van der Waals surface area contributed by atoms with Crippen molar-refractivity contribution < 1.29 is 41.5 Å². The van der Waals surface area contributed by atoms with Crippen molar-refractivity contribution >= 4 is 23.8 Å². The number of hydrogen-bond donors (Lipinski definition) is 2. The number of phenolic OH excluding ortho intramolecular Hbond substituents is 2. The van der Waals surface area contributed by atoms with Crippen LogP contribution in [0, 0.1) is 0 Å². The number of phenols is 2. The number of benzene rings is 3. The summed E-state index contributed by atoms with van der Waals surface area (Å²) in [4.78, 5) is 8.55. The normalized spacial score (nSPS) is 10.8. The first-order chi connectivity index (χ1) is 13.5. The molecule has 0 radical (unpaired) electrons. The van der Waals surface area contributed by atoms with E-state index in [1.807, 2.05) is 0 Å². The average molecular weight is 413 g/mol. The van der Waals surface area contributed by atoms with E-state index in [0.29, 0.717) is 22.5 Å². The first-order valence-electron chi connectivity index (χ1n) is 7.88. The number of nitrogens with zero attached hydrogens (tertiary/aromatic N) is 2. The van der Waals surface area contributed by atoms with Crippen molar-refractivity contribution in [3.63, 3.8) is 0 Å². The van der Waals surface area contributed by atoms with E-state index in [2.05, 4.69) is 9.98 Å². The molecule has 28 heavy (non-hydrogen) atoms. The fraction of sp³-hybridized carbons (Fsp3) is 0. The number of hydrogen-bond acceptors (Lipinski definition) is 7. The molecule has 0 aliphatic carbocycles. The third kappa shape index (κ3) is 5.54. The van der Waals surface area contributed by atoms with E-state index in [4.69, 9.17) is 3.67 Å². The van der Waals surface area contributed by atoms with E-state index in [1.165, 1.54) is 36.7 Å². The fourth-order valence-corrected chi connectivity index (χ4v) is 2.22. The molecule has 139 valence electrons. The molecule has 3 rings (SSSR count). The number of rotatable bonds is 4. The molecule has 0 unspecified atom stereocenters. The zero-order valence-corrected chi connectivity index (χ0v) is 15.8. The van der Waals surface area contributed by atoms with Crippen molar-refractivity contribution in [1.29, 1.82) is 0 Å². The minimum atomic E-state index is -0.338. The molecule has 2 N–H and O–H groups in total. The molecule has 0 atom stereocenters. The molecule has 0 spiro atoms. The fourth-order valence-electron chi connectivity index (χ4n) is 2.22. The Bertz CT molecular complexity index is 941. The third-order valence-electron chi connectivity index (χ3n) is 3.56. The van der Waals surface area contributed by atoms with E-state index in [1.54, 1.807) is 24.3 Å². The van der Waals surface area contributed by atoms with Crippen LogP contribution in [0.15, 0.2) is 70.6 Å². The predicted octanol–water partition coefficient (Wildman–Crippen LogP) is 2.62. The van der Waals surface area contributed by atoms with Gasteiger partial charge in [-0.15, -0.1) is 0 Å². The van der Waals surface area contributed by atoms with Crippen LogP contribution in [0.3, 0.4) is 0 Å². The molecule has 8 heteroatoms. The van der Waals surface area contributed by atoms with Gasteiger partial charge in [0.15, 0.2) is 0 Å². The minimum absolute atomic E-state index is 0.0977. The maximum atomic E-state index is 11.8. The van der Waals surface area contributed by atoms with Crippen LogP contribution in [-0.4, -0.2) is 22.6 Å². The van der Waals surface area contributed by atoms with Crippen LogP contribution < -0.4 is 10.2 Å². The van der Waals surface area contributed by atoms with Gasteiger partial charge >= 0.3 is 21.0 Å². The summed E-state index contributed by atoms with van der Waals surface area (Å²) in [5.74, 6) is -0.872. The van der Waals surface area contributed by atoms with Gasteiger partial charge in [-0.2, -0.15) is 0 Å². The van der Waals surface area contributed by atoms with Crippen LogP contribution in [0.1, 0.15) is 11.1 Å². The van der Waals surface area contributed by atoms with Crippen molar-refractivity contribution in [3.05, 3.63) is 71.8 Å². The number of aromatic hydroxyl groups is 2. The molecule has 3 aromatic rings. The molecule has 0 aliphatic heterocycles. The Morgan fingerprint density at radius 1 is 0.714 bits per heavy atom. The predicted molar refractivity (Wildman–Crippen MR) is 96.7 cm³/mol. The summed E-state index contributed by atoms with van der Waals surface area (Å²) in [5, 5.41) is 42.1. The van der Waals surface area contributed by atoms with Gasteiger partial charge in [-0.05, 0) is 47.5 Å². The van der Waals surface area contributed by atoms with Gasteiger partial charge in [-0.1, -0.05) is 35.8 Å². The molecule has 7 nitrogen and oxygen atoms in total. The summed E-state index contributed by atoms with van der Waals surface area (Å²) in [7, 11) is 0. The first kappa shape index (κ1) is 20.9. The van der Waals surface area contributed by atoms with Crippen LogP contribution in [0.2, 0.25) is 0 Å². The van der Waals surface area contributed by atoms with Crippen molar-refractivity contribution in [1.82, 2.24) is 0 Å². The summed E-state index contributed by atoms with van der Waals surface area (Å²) in [6, 6.07) is 15.0. The van der Waals surface area contributed by atoms with Crippen LogP contribution >= 0.6 is 0 Å². The van der Waals surface area contributed by atoms with E-state index in [0.717, 1.165) is 29.5 Å². The first-order valence-corrected chi connectivity index (χ1v) is 8.45. The van der Waals surface area contributed by atoms with Crippen molar-refractivity contribution in [2.75, 3.05) is 0 Å². The standard InChI is InChI=1S/C20H16N2O4.O.V/c23-15-7-5-13(19(25)9-15)11-21-17-3-1-2-4-18(17)22-12-14-6-8-16(24)10-20(14)26;;/h1-12,23-26H;;/q;;+2/p-2. The Kier molecular flexibility index (Phi) is 7.50. The Morgan fingerprint density at radius 3 is 1.46 bits per heavy atom. The SMILES string of the molecule is [O-]c1cc(O)ccc1C=Nc1ccccc1N=Cc1ccc(O)cc1[O-].[O]=[V+2]. The van der Waals surface area contributed by atoms with Crippen LogP contribution in [0.4, 0.5) is 11.4 Å². The van der Waals surface area contributed by atoms with Crippen LogP contribution in [0.25, 0.3) is 0 Å². The Morgan fingerprint density at radius 2 is 1.11 bits per heavy atom. The van der Waals surface area contributed by atoms with Gasteiger partial charge in [0.1, 0.15) is 11.5 Å². The van der Waals surface area contributed by atoms with Gasteiger partial charge in [-0.25, -0.2) is 0 Å². The van der Waals surface area contributed by atoms with Crippen molar-refractivity contribution in [2.45, 2.75) is 0 Å². The zero-order valence-electron chi connectivity index (χ0n) is 14.4.